The molecule has 5 rings (SSSR count). The molecule has 4 aromatic rings. The second-order valence-electron chi connectivity index (χ2n) is 8.99. The van der Waals surface area contributed by atoms with Crippen molar-refractivity contribution in [3.63, 3.8) is 0 Å². The minimum atomic E-state index is -0.405. The van der Waals surface area contributed by atoms with Gasteiger partial charge in [-0.1, -0.05) is 61.8 Å². The van der Waals surface area contributed by atoms with Gasteiger partial charge < -0.3 is 10.2 Å². The lowest BCUT2D eigenvalue weighted by Gasteiger charge is -2.30. The number of hydrogen-bond acceptors (Lipinski definition) is 5. The summed E-state index contributed by atoms with van der Waals surface area (Å²) < 4.78 is 14.8. The van der Waals surface area contributed by atoms with Crippen LogP contribution in [0.1, 0.15) is 35.8 Å². The highest BCUT2D eigenvalue weighted by Crippen LogP contribution is 2.41. The molecular formula is C28H26ClFN4O. The van der Waals surface area contributed by atoms with Crippen LogP contribution in [-0.4, -0.2) is 42.4 Å². The summed E-state index contributed by atoms with van der Waals surface area (Å²) in [5, 5.41) is 4.43. The largest absolute Gasteiger partial charge is 0.353 e. The first-order chi connectivity index (χ1) is 17.0. The van der Waals surface area contributed by atoms with Gasteiger partial charge in [0, 0.05) is 42.7 Å². The third-order valence-corrected chi connectivity index (χ3v) is 6.73. The van der Waals surface area contributed by atoms with Crippen molar-refractivity contribution in [3.05, 3.63) is 76.7 Å². The van der Waals surface area contributed by atoms with E-state index in [-0.39, 0.29) is 5.92 Å². The molecule has 0 unspecified atom stereocenters. The van der Waals surface area contributed by atoms with Crippen molar-refractivity contribution < 1.29 is 9.18 Å². The van der Waals surface area contributed by atoms with E-state index < -0.39 is 5.82 Å². The number of fused-ring (bicyclic) bond motifs is 1. The molecule has 0 amide bonds. The Balaban J connectivity index is 1.89. The van der Waals surface area contributed by atoms with Crippen LogP contribution in [0.25, 0.3) is 33.3 Å². The SMILES string of the molecule is CC(C)c1ccccc1-c1c(C=O)nc(N2CCNCC2)c2cc(Cl)c(-c3ccccc3F)nc12. The summed E-state index contributed by atoms with van der Waals surface area (Å²) in [7, 11) is 0. The summed E-state index contributed by atoms with van der Waals surface area (Å²) in [6, 6.07) is 16.2. The number of nitrogens with one attached hydrogen (secondary N) is 1. The first-order valence-electron chi connectivity index (χ1n) is 11.8. The van der Waals surface area contributed by atoms with E-state index in [1.165, 1.54) is 6.07 Å². The van der Waals surface area contributed by atoms with Crippen LogP contribution in [0.5, 0.6) is 0 Å². The number of rotatable bonds is 5. The molecule has 1 fully saturated rings. The van der Waals surface area contributed by atoms with Crippen molar-refractivity contribution in [3.8, 4) is 22.4 Å². The normalized spacial score (nSPS) is 14.0. The van der Waals surface area contributed by atoms with E-state index in [2.05, 4.69) is 30.1 Å². The van der Waals surface area contributed by atoms with E-state index in [9.17, 15) is 9.18 Å². The third kappa shape index (κ3) is 4.28. The summed E-state index contributed by atoms with van der Waals surface area (Å²) in [4.78, 5) is 24.3. The zero-order valence-electron chi connectivity index (χ0n) is 19.7. The van der Waals surface area contributed by atoms with E-state index in [0.717, 1.165) is 49.0 Å². The first kappa shape index (κ1) is 23.4. The van der Waals surface area contributed by atoms with Crippen molar-refractivity contribution in [1.29, 1.82) is 0 Å². The Morgan fingerprint density at radius 2 is 1.71 bits per heavy atom. The molecule has 5 nitrogen and oxygen atoms in total. The fourth-order valence-electron chi connectivity index (χ4n) is 4.74. The predicted molar refractivity (Wildman–Crippen MR) is 140 cm³/mol. The topological polar surface area (TPSA) is 58.1 Å². The van der Waals surface area contributed by atoms with Crippen LogP contribution >= 0.6 is 11.6 Å². The monoisotopic (exact) mass is 488 g/mol. The number of anilines is 1. The Labute approximate surface area is 209 Å². The van der Waals surface area contributed by atoms with Crippen molar-refractivity contribution in [2.45, 2.75) is 19.8 Å². The van der Waals surface area contributed by atoms with Crippen LogP contribution in [0.3, 0.4) is 0 Å². The Morgan fingerprint density at radius 3 is 2.40 bits per heavy atom. The van der Waals surface area contributed by atoms with Crippen LogP contribution in [-0.2, 0) is 0 Å². The fraction of sp³-hybridized carbons (Fsp3) is 0.250. The number of benzene rings is 2. The van der Waals surface area contributed by atoms with Gasteiger partial charge in [-0.25, -0.2) is 14.4 Å². The number of halogens is 2. The van der Waals surface area contributed by atoms with Crippen LogP contribution in [0.2, 0.25) is 5.02 Å². The molecular weight excluding hydrogens is 463 g/mol. The Bertz CT molecular complexity index is 1420. The maximum absolute atomic E-state index is 14.8. The molecule has 1 N–H and O–H groups in total. The van der Waals surface area contributed by atoms with Crippen LogP contribution in [0.4, 0.5) is 10.2 Å². The number of aromatic nitrogens is 2. The van der Waals surface area contributed by atoms with Crippen molar-refractivity contribution in [2.75, 3.05) is 31.1 Å². The van der Waals surface area contributed by atoms with Gasteiger partial charge in [0.25, 0.3) is 0 Å². The molecule has 0 aliphatic carbocycles. The first-order valence-corrected chi connectivity index (χ1v) is 12.2. The van der Waals surface area contributed by atoms with Crippen LogP contribution in [0, 0.1) is 5.82 Å². The van der Waals surface area contributed by atoms with Gasteiger partial charge in [-0.3, -0.25) is 4.79 Å². The number of aldehydes is 1. The number of hydrogen-bond donors (Lipinski definition) is 1. The number of pyridine rings is 2. The summed E-state index contributed by atoms with van der Waals surface area (Å²) in [5.41, 5.74) is 4.18. The van der Waals surface area contributed by atoms with E-state index in [1.807, 2.05) is 24.3 Å². The van der Waals surface area contributed by atoms with E-state index in [4.69, 9.17) is 21.6 Å². The summed E-state index contributed by atoms with van der Waals surface area (Å²) in [5.74, 6) is 0.480. The maximum Gasteiger partial charge on any atom is 0.169 e. The van der Waals surface area contributed by atoms with Crippen molar-refractivity contribution in [2.24, 2.45) is 0 Å². The molecule has 0 saturated carbocycles. The number of piperazine rings is 1. The quantitative estimate of drug-likeness (QED) is 0.344. The van der Waals surface area contributed by atoms with E-state index in [0.29, 0.717) is 38.9 Å². The highest BCUT2D eigenvalue weighted by atomic mass is 35.5. The van der Waals surface area contributed by atoms with Gasteiger partial charge in [0.05, 0.1) is 16.2 Å². The molecule has 2 aromatic heterocycles. The summed E-state index contributed by atoms with van der Waals surface area (Å²) in [6.07, 6.45) is 0.788. The van der Waals surface area contributed by atoms with Gasteiger partial charge in [0.1, 0.15) is 17.3 Å². The summed E-state index contributed by atoms with van der Waals surface area (Å²) in [6.45, 7) is 7.33. The van der Waals surface area contributed by atoms with Gasteiger partial charge in [0.15, 0.2) is 6.29 Å². The second kappa shape index (κ2) is 9.72. The van der Waals surface area contributed by atoms with Crippen LogP contribution in [0.15, 0.2) is 54.6 Å². The second-order valence-corrected chi connectivity index (χ2v) is 9.39. The molecule has 0 radical (unpaired) electrons. The molecule has 1 saturated heterocycles. The molecule has 178 valence electrons. The van der Waals surface area contributed by atoms with Crippen molar-refractivity contribution >= 4 is 34.6 Å². The van der Waals surface area contributed by atoms with Crippen molar-refractivity contribution in [1.82, 2.24) is 15.3 Å². The lowest BCUT2D eigenvalue weighted by atomic mass is 9.90. The zero-order chi connectivity index (χ0) is 24.5. The average molecular weight is 489 g/mol. The molecule has 0 spiro atoms. The Morgan fingerprint density at radius 1 is 1.03 bits per heavy atom. The fourth-order valence-corrected chi connectivity index (χ4v) is 4.99. The predicted octanol–water partition coefficient (Wildman–Crippen LogP) is 6.10. The Kier molecular flexibility index (Phi) is 6.50. The zero-order valence-corrected chi connectivity index (χ0v) is 20.4. The van der Waals surface area contributed by atoms with Gasteiger partial charge in [-0.2, -0.15) is 0 Å². The smallest absolute Gasteiger partial charge is 0.169 e. The van der Waals surface area contributed by atoms with Crippen LogP contribution < -0.4 is 10.2 Å². The van der Waals surface area contributed by atoms with Gasteiger partial charge in [0.2, 0.25) is 0 Å². The molecule has 2 aromatic carbocycles. The standard InChI is InChI=1S/C28H26ClFN4O/c1-17(2)18-7-3-4-8-19(18)25-24(16-35)32-28(34-13-11-31-12-14-34)21-15-22(29)26(33-27(21)25)20-9-5-6-10-23(20)30/h3-10,15-17,31H,11-14H2,1-2H3. The molecule has 7 heteroatoms. The maximum atomic E-state index is 14.8. The van der Waals surface area contributed by atoms with Gasteiger partial charge in [-0.15, -0.1) is 0 Å². The minimum absolute atomic E-state index is 0.215. The molecule has 0 bridgehead atoms. The summed E-state index contributed by atoms with van der Waals surface area (Å²) >= 11 is 6.72. The highest BCUT2D eigenvalue weighted by molar-refractivity contribution is 6.34. The minimum Gasteiger partial charge on any atom is -0.353 e. The molecule has 35 heavy (non-hydrogen) atoms. The molecule has 1 aliphatic heterocycles. The van der Waals surface area contributed by atoms with Gasteiger partial charge in [-0.05, 0) is 35.2 Å². The number of nitrogens with zero attached hydrogens (tertiary/aromatic N) is 3. The number of carbonyl (C=O) groups is 1. The van der Waals surface area contributed by atoms with E-state index >= 15 is 0 Å². The molecule has 3 heterocycles. The average Bonchev–Trinajstić information content (AvgIpc) is 2.88. The highest BCUT2D eigenvalue weighted by Gasteiger charge is 2.25. The number of carbonyl (C=O) groups excluding carboxylic acids is 1. The van der Waals surface area contributed by atoms with E-state index in [1.54, 1.807) is 18.2 Å². The molecule has 0 atom stereocenters. The third-order valence-electron chi connectivity index (χ3n) is 6.45. The molecule has 1 aliphatic rings. The lowest BCUT2D eigenvalue weighted by molar-refractivity contribution is 0.112. The lowest BCUT2D eigenvalue weighted by Crippen LogP contribution is -2.44. The van der Waals surface area contributed by atoms with Gasteiger partial charge >= 0.3 is 0 Å². The Hall–Kier alpha value is -3.35.